The average Bonchev–Trinajstić information content (AvgIpc) is 2.77. The van der Waals surface area contributed by atoms with Crippen LogP contribution in [0, 0.1) is 5.82 Å². The molecule has 0 fully saturated rings. The first kappa shape index (κ1) is 19.2. The molecule has 0 amide bonds. The van der Waals surface area contributed by atoms with Crippen LogP contribution in [-0.2, 0) is 4.79 Å². The van der Waals surface area contributed by atoms with Crippen LogP contribution in [-0.4, -0.2) is 36.7 Å². The number of anilines is 5. The fourth-order valence-corrected chi connectivity index (χ4v) is 2.86. The molecule has 0 radical (unpaired) electrons. The summed E-state index contributed by atoms with van der Waals surface area (Å²) in [6.45, 7) is 1.30. The van der Waals surface area contributed by atoms with E-state index in [0.29, 0.717) is 54.0 Å². The lowest BCUT2D eigenvalue weighted by molar-refractivity contribution is -0.120. The van der Waals surface area contributed by atoms with Crippen LogP contribution in [0.3, 0.4) is 0 Å². The molecule has 2 heterocycles. The smallest absolute Gasteiger partial charge is 0.298 e. The van der Waals surface area contributed by atoms with Crippen LogP contribution >= 0.6 is 0 Å². The first-order valence-corrected chi connectivity index (χ1v) is 9.04. The lowest BCUT2D eigenvalue weighted by atomic mass is 10.2. The molecule has 1 aliphatic rings. The van der Waals surface area contributed by atoms with Crippen molar-refractivity contribution in [1.82, 2.24) is 9.97 Å². The van der Waals surface area contributed by atoms with Gasteiger partial charge in [0.1, 0.15) is 13.2 Å². The Labute approximate surface area is 171 Å². The zero-order chi connectivity index (χ0) is 20.9. The van der Waals surface area contributed by atoms with Gasteiger partial charge in [0.15, 0.2) is 28.9 Å². The number of rotatable bonds is 7. The standard InChI is InChI=1S/C20H18FN5O4/c1-22-15-8-12(2-4-16(15)30-11-27)25-20-23-10-14(21)19(26-20)24-13-3-5-17-18(9-13)29-7-6-28-17/h2-5,8-11,22H,6-7H2,1H3,(H2,23,24,25,26). The Morgan fingerprint density at radius 3 is 2.63 bits per heavy atom. The van der Waals surface area contributed by atoms with Crippen molar-refractivity contribution in [3.8, 4) is 17.2 Å². The normalized spacial score (nSPS) is 12.1. The Morgan fingerprint density at radius 1 is 1.07 bits per heavy atom. The number of carbonyl (C=O) groups excluding carboxylic acids is 1. The van der Waals surface area contributed by atoms with Gasteiger partial charge in [-0.1, -0.05) is 0 Å². The quantitative estimate of drug-likeness (QED) is 0.504. The molecule has 2 aromatic carbocycles. The van der Waals surface area contributed by atoms with Crippen molar-refractivity contribution in [2.75, 3.05) is 36.2 Å². The number of halogens is 1. The number of nitrogens with zero attached hydrogens (tertiary/aromatic N) is 2. The Balaban J connectivity index is 1.54. The van der Waals surface area contributed by atoms with E-state index in [0.717, 1.165) is 6.20 Å². The lowest BCUT2D eigenvalue weighted by Gasteiger charge is -2.19. The highest BCUT2D eigenvalue weighted by atomic mass is 19.1. The summed E-state index contributed by atoms with van der Waals surface area (Å²) in [6.07, 6.45) is 1.07. The highest BCUT2D eigenvalue weighted by molar-refractivity contribution is 5.70. The summed E-state index contributed by atoms with van der Waals surface area (Å²) in [7, 11) is 1.69. The zero-order valence-corrected chi connectivity index (χ0v) is 15.9. The number of nitrogens with one attached hydrogen (secondary N) is 3. The summed E-state index contributed by atoms with van der Waals surface area (Å²) in [5, 5.41) is 8.84. The molecule has 1 aliphatic heterocycles. The Morgan fingerprint density at radius 2 is 1.83 bits per heavy atom. The topological polar surface area (TPSA) is 107 Å². The van der Waals surface area contributed by atoms with Gasteiger partial charge in [0.05, 0.1) is 11.9 Å². The molecule has 3 aromatic rings. The molecule has 0 spiro atoms. The van der Waals surface area contributed by atoms with Crippen LogP contribution in [0.1, 0.15) is 0 Å². The maximum absolute atomic E-state index is 14.3. The first-order chi connectivity index (χ1) is 14.7. The maximum Gasteiger partial charge on any atom is 0.298 e. The molecule has 0 aliphatic carbocycles. The van der Waals surface area contributed by atoms with Crippen molar-refractivity contribution in [1.29, 1.82) is 0 Å². The summed E-state index contributed by atoms with van der Waals surface area (Å²) in [5.74, 6) is 1.16. The molecule has 0 unspecified atom stereocenters. The number of ether oxygens (including phenoxy) is 3. The maximum atomic E-state index is 14.3. The van der Waals surface area contributed by atoms with E-state index in [1.165, 1.54) is 0 Å². The van der Waals surface area contributed by atoms with Crippen molar-refractivity contribution in [3.63, 3.8) is 0 Å². The van der Waals surface area contributed by atoms with E-state index in [4.69, 9.17) is 14.2 Å². The molecule has 1 aromatic heterocycles. The second-order valence-corrected chi connectivity index (χ2v) is 6.17. The van der Waals surface area contributed by atoms with Gasteiger partial charge in [0.25, 0.3) is 6.47 Å². The molecule has 3 N–H and O–H groups in total. The SMILES string of the molecule is CNc1cc(Nc2ncc(F)c(Nc3ccc4c(c3)OCCO4)n2)ccc1OC=O. The highest BCUT2D eigenvalue weighted by Gasteiger charge is 2.14. The van der Waals surface area contributed by atoms with E-state index in [9.17, 15) is 9.18 Å². The fraction of sp³-hybridized carbons (Fsp3) is 0.150. The van der Waals surface area contributed by atoms with Gasteiger partial charge in [0.2, 0.25) is 5.95 Å². The predicted molar refractivity (Wildman–Crippen MR) is 109 cm³/mol. The van der Waals surface area contributed by atoms with Gasteiger partial charge in [-0.25, -0.2) is 9.37 Å². The van der Waals surface area contributed by atoms with Crippen LogP contribution in [0.5, 0.6) is 17.2 Å². The molecular weight excluding hydrogens is 393 g/mol. The zero-order valence-electron chi connectivity index (χ0n) is 15.9. The highest BCUT2D eigenvalue weighted by Crippen LogP contribution is 2.34. The van der Waals surface area contributed by atoms with Crippen LogP contribution in [0.4, 0.5) is 33.2 Å². The van der Waals surface area contributed by atoms with Gasteiger partial charge in [-0.05, 0) is 30.3 Å². The van der Waals surface area contributed by atoms with Gasteiger partial charge >= 0.3 is 0 Å². The van der Waals surface area contributed by atoms with E-state index < -0.39 is 5.82 Å². The summed E-state index contributed by atoms with van der Waals surface area (Å²) < 4.78 is 30.2. The van der Waals surface area contributed by atoms with Crippen LogP contribution < -0.4 is 30.2 Å². The van der Waals surface area contributed by atoms with Gasteiger partial charge < -0.3 is 30.2 Å². The van der Waals surface area contributed by atoms with Crippen LogP contribution in [0.2, 0.25) is 0 Å². The first-order valence-electron chi connectivity index (χ1n) is 9.04. The van der Waals surface area contributed by atoms with Crippen LogP contribution in [0.15, 0.2) is 42.6 Å². The third kappa shape index (κ3) is 4.17. The predicted octanol–water partition coefficient (Wildman–Crippen LogP) is 3.45. The van der Waals surface area contributed by atoms with E-state index in [1.54, 1.807) is 43.4 Å². The minimum atomic E-state index is -0.610. The van der Waals surface area contributed by atoms with Gasteiger partial charge in [-0.15, -0.1) is 0 Å². The fourth-order valence-electron chi connectivity index (χ4n) is 2.86. The summed E-state index contributed by atoms with van der Waals surface area (Å²) >= 11 is 0. The number of fused-ring (bicyclic) bond motifs is 1. The molecule has 154 valence electrons. The molecule has 0 saturated carbocycles. The molecule has 0 saturated heterocycles. The second kappa shape index (κ2) is 8.52. The number of hydrogen-bond donors (Lipinski definition) is 3. The Hall–Kier alpha value is -4.08. The van der Waals surface area contributed by atoms with Gasteiger partial charge in [0, 0.05) is 24.5 Å². The van der Waals surface area contributed by atoms with E-state index in [2.05, 4.69) is 25.9 Å². The van der Waals surface area contributed by atoms with E-state index >= 15 is 0 Å². The molecule has 30 heavy (non-hydrogen) atoms. The average molecular weight is 411 g/mol. The minimum Gasteiger partial charge on any atom is -0.486 e. The Bertz CT molecular complexity index is 1080. The van der Waals surface area contributed by atoms with Crippen molar-refractivity contribution in [2.24, 2.45) is 0 Å². The summed E-state index contributed by atoms with van der Waals surface area (Å²) in [4.78, 5) is 18.7. The third-order valence-electron chi connectivity index (χ3n) is 4.23. The molecule has 0 atom stereocenters. The number of carbonyl (C=O) groups is 1. The molecule has 4 rings (SSSR count). The van der Waals surface area contributed by atoms with E-state index in [1.807, 2.05) is 0 Å². The molecule has 9 nitrogen and oxygen atoms in total. The molecule has 10 heteroatoms. The minimum absolute atomic E-state index is 0.000994. The van der Waals surface area contributed by atoms with Crippen molar-refractivity contribution in [3.05, 3.63) is 48.4 Å². The number of aromatic nitrogens is 2. The molecule has 0 bridgehead atoms. The van der Waals surface area contributed by atoms with Gasteiger partial charge in [-0.2, -0.15) is 4.98 Å². The number of hydrogen-bond acceptors (Lipinski definition) is 9. The monoisotopic (exact) mass is 411 g/mol. The van der Waals surface area contributed by atoms with Crippen molar-refractivity contribution in [2.45, 2.75) is 0 Å². The second-order valence-electron chi connectivity index (χ2n) is 6.17. The molecular formula is C20H18FN5O4. The van der Waals surface area contributed by atoms with Crippen molar-refractivity contribution >= 4 is 35.3 Å². The summed E-state index contributed by atoms with van der Waals surface area (Å²) in [5.41, 5.74) is 1.80. The lowest BCUT2D eigenvalue weighted by Crippen LogP contribution is -2.15. The third-order valence-corrected chi connectivity index (χ3v) is 4.23. The summed E-state index contributed by atoms with van der Waals surface area (Å²) in [6, 6.07) is 10.2. The van der Waals surface area contributed by atoms with Crippen LogP contribution in [0.25, 0.3) is 0 Å². The number of benzene rings is 2. The van der Waals surface area contributed by atoms with Gasteiger partial charge in [-0.3, -0.25) is 4.79 Å². The largest absolute Gasteiger partial charge is 0.486 e. The van der Waals surface area contributed by atoms with Crippen molar-refractivity contribution < 1.29 is 23.4 Å². The van der Waals surface area contributed by atoms with E-state index in [-0.39, 0.29) is 11.8 Å². The Kier molecular flexibility index (Phi) is 5.46.